The molecule has 0 saturated carbocycles. The zero-order valence-corrected chi connectivity index (χ0v) is 15.6. The smallest absolute Gasteiger partial charge is 0.341 e. The van der Waals surface area contributed by atoms with Crippen molar-refractivity contribution in [3.05, 3.63) is 52.0 Å². The van der Waals surface area contributed by atoms with Crippen LogP contribution in [0.4, 0.5) is 9.39 Å². The Balaban J connectivity index is 1.67. The van der Waals surface area contributed by atoms with Crippen LogP contribution in [0.1, 0.15) is 51.1 Å². The number of imidazole rings is 1. The van der Waals surface area contributed by atoms with E-state index < -0.39 is 17.7 Å². The lowest BCUT2D eigenvalue weighted by Gasteiger charge is -2.12. The minimum atomic E-state index is -0.441. The number of esters is 1. The second kappa shape index (κ2) is 7.11. The van der Waals surface area contributed by atoms with E-state index in [0.29, 0.717) is 16.2 Å². The number of fused-ring (bicyclic) bond motifs is 2. The first-order chi connectivity index (χ1) is 13.1. The number of rotatable bonds is 4. The summed E-state index contributed by atoms with van der Waals surface area (Å²) in [6.07, 6.45) is 6.51. The van der Waals surface area contributed by atoms with E-state index in [2.05, 4.69) is 10.3 Å². The first-order valence-electron chi connectivity index (χ1n) is 8.84. The highest BCUT2D eigenvalue weighted by Gasteiger charge is 2.27. The van der Waals surface area contributed by atoms with Gasteiger partial charge in [0, 0.05) is 17.3 Å². The fourth-order valence-electron chi connectivity index (χ4n) is 3.31. The summed E-state index contributed by atoms with van der Waals surface area (Å²) in [5.41, 5.74) is 2.07. The van der Waals surface area contributed by atoms with Gasteiger partial charge in [0.1, 0.15) is 22.2 Å². The lowest BCUT2D eigenvalue weighted by Crippen LogP contribution is -2.16. The molecule has 1 aliphatic carbocycles. The maximum Gasteiger partial charge on any atom is 0.341 e. The number of nitrogens with zero attached hydrogens (tertiary/aromatic N) is 2. The summed E-state index contributed by atoms with van der Waals surface area (Å²) in [6, 6.07) is 2.79. The summed E-state index contributed by atoms with van der Waals surface area (Å²) in [5, 5.41) is 3.30. The van der Waals surface area contributed by atoms with Crippen molar-refractivity contribution in [3.63, 3.8) is 0 Å². The molecule has 1 N–H and O–H groups in total. The zero-order valence-electron chi connectivity index (χ0n) is 14.8. The molecule has 8 heteroatoms. The largest absolute Gasteiger partial charge is 0.462 e. The number of anilines is 1. The van der Waals surface area contributed by atoms with Gasteiger partial charge < -0.3 is 14.5 Å². The minimum Gasteiger partial charge on any atom is -0.462 e. The van der Waals surface area contributed by atoms with Gasteiger partial charge in [-0.3, -0.25) is 4.79 Å². The molecule has 0 aromatic carbocycles. The average Bonchev–Trinajstić information content (AvgIpc) is 3.22. The predicted octanol–water partition coefficient (Wildman–Crippen LogP) is 3.84. The van der Waals surface area contributed by atoms with E-state index in [0.717, 1.165) is 36.1 Å². The second-order valence-corrected chi connectivity index (χ2v) is 7.43. The van der Waals surface area contributed by atoms with Crippen LogP contribution in [0.5, 0.6) is 0 Å². The van der Waals surface area contributed by atoms with Crippen LogP contribution in [0.25, 0.3) is 5.65 Å². The quantitative estimate of drug-likeness (QED) is 0.691. The van der Waals surface area contributed by atoms with Crippen molar-refractivity contribution in [1.29, 1.82) is 0 Å². The van der Waals surface area contributed by atoms with Crippen LogP contribution in [0.15, 0.2) is 24.5 Å². The molecule has 1 amide bonds. The fraction of sp³-hybridized carbons (Fsp3) is 0.316. The van der Waals surface area contributed by atoms with Crippen LogP contribution in [-0.2, 0) is 17.6 Å². The van der Waals surface area contributed by atoms with E-state index in [1.54, 1.807) is 6.92 Å². The summed E-state index contributed by atoms with van der Waals surface area (Å²) in [6.45, 7) is 2.03. The standard InChI is InChI=1S/C19H18FN3O3S/c1-2-26-19(25)16-12-5-3-4-6-14(12)27-18(16)22-17(24)13-10-23-9-11(20)7-8-15(23)21-13/h7-10H,2-6H2,1H3,(H,22,24). The number of hydrogen-bond acceptors (Lipinski definition) is 5. The predicted molar refractivity (Wildman–Crippen MR) is 100 cm³/mol. The summed E-state index contributed by atoms with van der Waals surface area (Å²) >= 11 is 1.42. The number of nitrogens with one attached hydrogen (secondary N) is 1. The van der Waals surface area contributed by atoms with Crippen molar-refractivity contribution in [2.45, 2.75) is 32.6 Å². The van der Waals surface area contributed by atoms with E-state index in [4.69, 9.17) is 4.74 Å². The SMILES string of the molecule is CCOC(=O)c1c(NC(=O)c2cn3cc(F)ccc3n2)sc2c1CCCC2. The van der Waals surface area contributed by atoms with Gasteiger partial charge in [-0.25, -0.2) is 14.2 Å². The van der Waals surface area contributed by atoms with Gasteiger partial charge in [0.15, 0.2) is 0 Å². The maximum atomic E-state index is 13.3. The van der Waals surface area contributed by atoms with Crippen LogP contribution >= 0.6 is 11.3 Å². The summed E-state index contributed by atoms with van der Waals surface area (Å²) < 4.78 is 20.0. The minimum absolute atomic E-state index is 0.154. The Bertz CT molecular complexity index is 1040. The molecule has 0 aliphatic heterocycles. The number of aryl methyl sites for hydroxylation is 1. The van der Waals surface area contributed by atoms with Crippen LogP contribution in [0.3, 0.4) is 0 Å². The molecule has 140 valence electrons. The van der Waals surface area contributed by atoms with E-state index in [1.165, 1.54) is 40.3 Å². The molecule has 0 unspecified atom stereocenters. The molecule has 6 nitrogen and oxygen atoms in total. The molecular formula is C19H18FN3O3S. The van der Waals surface area contributed by atoms with Crippen LogP contribution in [0.2, 0.25) is 0 Å². The number of aromatic nitrogens is 2. The highest BCUT2D eigenvalue weighted by atomic mass is 32.1. The summed E-state index contributed by atoms with van der Waals surface area (Å²) in [4.78, 5) is 30.5. The Labute approximate surface area is 159 Å². The van der Waals surface area contributed by atoms with Gasteiger partial charge in [-0.2, -0.15) is 0 Å². The molecule has 3 aromatic heterocycles. The van der Waals surface area contributed by atoms with Crippen molar-refractivity contribution in [2.24, 2.45) is 0 Å². The van der Waals surface area contributed by atoms with Crippen molar-refractivity contribution in [3.8, 4) is 0 Å². The normalized spacial score (nSPS) is 13.4. The number of halogens is 1. The molecular weight excluding hydrogens is 369 g/mol. The number of hydrogen-bond donors (Lipinski definition) is 1. The molecule has 0 saturated heterocycles. The maximum absolute atomic E-state index is 13.3. The van der Waals surface area contributed by atoms with Gasteiger partial charge in [0.2, 0.25) is 0 Å². The zero-order chi connectivity index (χ0) is 19.0. The first kappa shape index (κ1) is 17.7. The summed E-state index contributed by atoms with van der Waals surface area (Å²) in [5.74, 6) is -1.27. The van der Waals surface area contributed by atoms with E-state index >= 15 is 0 Å². The molecule has 0 bridgehead atoms. The van der Waals surface area contributed by atoms with Crippen molar-refractivity contribution >= 4 is 33.9 Å². The highest BCUT2D eigenvalue weighted by Crippen LogP contribution is 2.38. The van der Waals surface area contributed by atoms with Crippen LogP contribution in [-0.4, -0.2) is 27.9 Å². The molecule has 0 radical (unpaired) electrons. The molecule has 0 atom stereocenters. The number of pyridine rings is 1. The highest BCUT2D eigenvalue weighted by molar-refractivity contribution is 7.17. The third kappa shape index (κ3) is 3.32. The molecule has 0 spiro atoms. The van der Waals surface area contributed by atoms with Gasteiger partial charge in [0.05, 0.1) is 12.2 Å². The Morgan fingerprint density at radius 1 is 1.30 bits per heavy atom. The topological polar surface area (TPSA) is 72.7 Å². The van der Waals surface area contributed by atoms with Gasteiger partial charge in [-0.1, -0.05) is 0 Å². The van der Waals surface area contributed by atoms with Crippen molar-refractivity contribution in [1.82, 2.24) is 9.38 Å². The number of thiophene rings is 1. The molecule has 27 heavy (non-hydrogen) atoms. The lowest BCUT2D eigenvalue weighted by molar-refractivity contribution is 0.0526. The Morgan fingerprint density at radius 2 is 2.11 bits per heavy atom. The molecule has 4 rings (SSSR count). The Hall–Kier alpha value is -2.74. The second-order valence-electron chi connectivity index (χ2n) is 6.33. The molecule has 1 aliphatic rings. The summed E-state index contributed by atoms with van der Waals surface area (Å²) in [7, 11) is 0. The van der Waals surface area contributed by atoms with E-state index in [-0.39, 0.29) is 12.3 Å². The fourth-order valence-corrected chi connectivity index (χ4v) is 4.59. The Morgan fingerprint density at radius 3 is 2.93 bits per heavy atom. The van der Waals surface area contributed by atoms with Gasteiger partial charge in [-0.05, 0) is 50.3 Å². The number of amides is 1. The van der Waals surface area contributed by atoms with E-state index in [1.807, 2.05) is 0 Å². The average molecular weight is 387 g/mol. The first-order valence-corrected chi connectivity index (χ1v) is 9.65. The Kier molecular flexibility index (Phi) is 4.65. The van der Waals surface area contributed by atoms with E-state index in [9.17, 15) is 14.0 Å². The van der Waals surface area contributed by atoms with Crippen molar-refractivity contribution < 1.29 is 18.7 Å². The number of carbonyl (C=O) groups is 2. The van der Waals surface area contributed by atoms with Crippen molar-refractivity contribution in [2.75, 3.05) is 11.9 Å². The van der Waals surface area contributed by atoms with Crippen LogP contribution in [0, 0.1) is 5.82 Å². The molecule has 3 heterocycles. The third-order valence-corrected chi connectivity index (χ3v) is 5.73. The lowest BCUT2D eigenvalue weighted by atomic mass is 9.95. The van der Waals surface area contributed by atoms with Gasteiger partial charge in [-0.15, -0.1) is 11.3 Å². The van der Waals surface area contributed by atoms with Crippen LogP contribution < -0.4 is 5.32 Å². The molecule has 0 fully saturated rings. The third-order valence-electron chi connectivity index (χ3n) is 4.53. The number of carbonyl (C=O) groups excluding carboxylic acids is 2. The van der Waals surface area contributed by atoms with Gasteiger partial charge in [0.25, 0.3) is 5.91 Å². The molecule has 3 aromatic rings. The monoisotopic (exact) mass is 387 g/mol. The van der Waals surface area contributed by atoms with Gasteiger partial charge >= 0.3 is 5.97 Å². The number of ether oxygens (including phenoxy) is 1.